The van der Waals surface area contributed by atoms with Crippen molar-refractivity contribution < 1.29 is 4.79 Å². The Kier molecular flexibility index (Phi) is 4.04. The van der Waals surface area contributed by atoms with E-state index in [9.17, 15) is 4.79 Å². The van der Waals surface area contributed by atoms with Gasteiger partial charge in [0.15, 0.2) is 0 Å². The Bertz CT molecular complexity index is 577. The van der Waals surface area contributed by atoms with E-state index in [1.165, 1.54) is 11.3 Å². The molecule has 0 aliphatic carbocycles. The highest BCUT2D eigenvalue weighted by atomic mass is 35.5. The number of halogens is 1. The number of hydrogen-bond donors (Lipinski definition) is 1. The zero-order valence-corrected chi connectivity index (χ0v) is 11.9. The molecule has 0 aliphatic heterocycles. The van der Waals surface area contributed by atoms with Crippen molar-refractivity contribution in [2.45, 2.75) is 20.4 Å². The monoisotopic (exact) mass is 279 g/mol. The van der Waals surface area contributed by atoms with Crippen LogP contribution in [0.1, 0.15) is 25.7 Å². The largest absolute Gasteiger partial charge is 0.347 e. The maximum atomic E-state index is 11.9. The minimum absolute atomic E-state index is 0.0255. The first-order valence-corrected chi connectivity index (χ1v) is 6.85. The topological polar surface area (TPSA) is 29.1 Å². The fourth-order valence-electron chi connectivity index (χ4n) is 1.68. The van der Waals surface area contributed by atoms with Gasteiger partial charge in [-0.3, -0.25) is 4.79 Å². The number of benzene rings is 1. The van der Waals surface area contributed by atoms with Gasteiger partial charge < -0.3 is 5.32 Å². The minimum Gasteiger partial charge on any atom is -0.347 e. The van der Waals surface area contributed by atoms with Crippen LogP contribution in [0.25, 0.3) is 0 Å². The average molecular weight is 280 g/mol. The van der Waals surface area contributed by atoms with Crippen molar-refractivity contribution in [1.82, 2.24) is 5.32 Å². The molecule has 18 heavy (non-hydrogen) atoms. The molecule has 1 amide bonds. The Balaban J connectivity index is 2.01. The second-order valence-electron chi connectivity index (χ2n) is 4.16. The maximum absolute atomic E-state index is 11.9. The lowest BCUT2D eigenvalue weighted by Crippen LogP contribution is -2.22. The number of carbonyl (C=O) groups is 1. The molecule has 0 saturated carbocycles. The van der Waals surface area contributed by atoms with E-state index in [0.29, 0.717) is 6.54 Å². The third-order valence-corrected chi connectivity index (χ3v) is 3.94. The summed E-state index contributed by atoms with van der Waals surface area (Å²) >= 11 is 7.40. The van der Waals surface area contributed by atoms with E-state index in [0.717, 1.165) is 25.9 Å². The smallest absolute Gasteiger partial charge is 0.261 e. The second-order valence-corrected chi connectivity index (χ2v) is 5.89. The Labute approximate surface area is 116 Å². The number of nitrogens with one attached hydrogen (secondary N) is 1. The van der Waals surface area contributed by atoms with E-state index in [-0.39, 0.29) is 5.91 Å². The van der Waals surface area contributed by atoms with E-state index < -0.39 is 0 Å². The molecule has 0 fully saturated rings. The van der Waals surface area contributed by atoms with Gasteiger partial charge in [0, 0.05) is 16.4 Å². The lowest BCUT2D eigenvalue weighted by Gasteiger charge is -2.07. The molecule has 0 spiro atoms. The maximum Gasteiger partial charge on any atom is 0.261 e. The first kappa shape index (κ1) is 13.1. The van der Waals surface area contributed by atoms with Gasteiger partial charge in [-0.05, 0) is 49.2 Å². The SMILES string of the molecule is Cc1ccc(C(=O)NCc2ccc(Cl)cc2C)s1. The highest BCUT2D eigenvalue weighted by molar-refractivity contribution is 7.13. The molecule has 0 atom stereocenters. The van der Waals surface area contributed by atoms with Crippen molar-refractivity contribution in [2.24, 2.45) is 0 Å². The van der Waals surface area contributed by atoms with Crippen LogP contribution in [0.15, 0.2) is 30.3 Å². The van der Waals surface area contributed by atoms with Crippen LogP contribution in [-0.4, -0.2) is 5.91 Å². The standard InChI is InChI=1S/C14H14ClNOS/c1-9-7-12(15)5-4-11(9)8-16-14(17)13-6-3-10(2)18-13/h3-7H,8H2,1-2H3,(H,16,17). The summed E-state index contributed by atoms with van der Waals surface area (Å²) in [5, 5.41) is 3.64. The van der Waals surface area contributed by atoms with Gasteiger partial charge in [0.2, 0.25) is 0 Å². The van der Waals surface area contributed by atoms with Crippen LogP contribution in [0.4, 0.5) is 0 Å². The first-order chi connectivity index (χ1) is 8.56. The number of carbonyl (C=O) groups excluding carboxylic acids is 1. The van der Waals surface area contributed by atoms with Gasteiger partial charge in [0.25, 0.3) is 5.91 Å². The average Bonchev–Trinajstić information content (AvgIpc) is 2.74. The van der Waals surface area contributed by atoms with Gasteiger partial charge in [0.05, 0.1) is 4.88 Å². The van der Waals surface area contributed by atoms with E-state index in [1.807, 2.05) is 44.2 Å². The number of aryl methyl sites for hydroxylation is 2. The molecule has 4 heteroatoms. The van der Waals surface area contributed by atoms with Crippen molar-refractivity contribution in [3.63, 3.8) is 0 Å². The van der Waals surface area contributed by atoms with Crippen LogP contribution >= 0.6 is 22.9 Å². The molecule has 2 nitrogen and oxygen atoms in total. The molecular weight excluding hydrogens is 266 g/mol. The zero-order chi connectivity index (χ0) is 13.1. The molecule has 1 N–H and O–H groups in total. The van der Waals surface area contributed by atoms with Gasteiger partial charge in [-0.2, -0.15) is 0 Å². The summed E-state index contributed by atoms with van der Waals surface area (Å²) in [5.74, 6) is -0.0255. The Hall–Kier alpha value is -1.32. The van der Waals surface area contributed by atoms with E-state index in [2.05, 4.69) is 5.32 Å². The van der Waals surface area contributed by atoms with Gasteiger partial charge in [-0.1, -0.05) is 17.7 Å². The molecular formula is C14H14ClNOS. The van der Waals surface area contributed by atoms with Crippen LogP contribution < -0.4 is 5.32 Å². The quantitative estimate of drug-likeness (QED) is 0.906. The lowest BCUT2D eigenvalue weighted by atomic mass is 10.1. The lowest BCUT2D eigenvalue weighted by molar-refractivity contribution is 0.0955. The van der Waals surface area contributed by atoms with Crippen LogP contribution in [0.2, 0.25) is 5.02 Å². The molecule has 0 unspecified atom stereocenters. The fourth-order valence-corrected chi connectivity index (χ4v) is 2.69. The van der Waals surface area contributed by atoms with Crippen molar-refractivity contribution in [3.05, 3.63) is 56.2 Å². The van der Waals surface area contributed by atoms with Crippen molar-refractivity contribution in [1.29, 1.82) is 0 Å². The molecule has 1 heterocycles. The Morgan fingerprint density at radius 3 is 2.67 bits per heavy atom. The molecule has 2 aromatic rings. The molecule has 0 bridgehead atoms. The van der Waals surface area contributed by atoms with Gasteiger partial charge >= 0.3 is 0 Å². The molecule has 1 aromatic carbocycles. The van der Waals surface area contributed by atoms with Gasteiger partial charge in [-0.15, -0.1) is 11.3 Å². The van der Waals surface area contributed by atoms with Gasteiger partial charge in [-0.25, -0.2) is 0 Å². The highest BCUT2D eigenvalue weighted by Crippen LogP contribution is 2.17. The first-order valence-electron chi connectivity index (χ1n) is 5.66. The third kappa shape index (κ3) is 3.12. The van der Waals surface area contributed by atoms with Crippen molar-refractivity contribution >= 4 is 28.8 Å². The second kappa shape index (κ2) is 5.55. The van der Waals surface area contributed by atoms with Gasteiger partial charge in [0.1, 0.15) is 0 Å². The van der Waals surface area contributed by atoms with Crippen LogP contribution in [0, 0.1) is 13.8 Å². The van der Waals surface area contributed by atoms with E-state index in [1.54, 1.807) is 0 Å². The molecule has 2 rings (SSSR count). The molecule has 0 saturated heterocycles. The van der Waals surface area contributed by atoms with Crippen molar-refractivity contribution in [2.75, 3.05) is 0 Å². The molecule has 1 aromatic heterocycles. The summed E-state index contributed by atoms with van der Waals surface area (Å²) in [6, 6.07) is 9.48. The summed E-state index contributed by atoms with van der Waals surface area (Å²) in [6.07, 6.45) is 0. The highest BCUT2D eigenvalue weighted by Gasteiger charge is 2.08. The van der Waals surface area contributed by atoms with Crippen LogP contribution in [-0.2, 0) is 6.54 Å². The molecule has 0 radical (unpaired) electrons. The van der Waals surface area contributed by atoms with Crippen LogP contribution in [0.3, 0.4) is 0 Å². The van der Waals surface area contributed by atoms with E-state index >= 15 is 0 Å². The number of amides is 1. The van der Waals surface area contributed by atoms with E-state index in [4.69, 9.17) is 11.6 Å². The van der Waals surface area contributed by atoms with Crippen LogP contribution in [0.5, 0.6) is 0 Å². The van der Waals surface area contributed by atoms with Crippen molar-refractivity contribution in [3.8, 4) is 0 Å². The number of thiophene rings is 1. The summed E-state index contributed by atoms with van der Waals surface area (Å²) < 4.78 is 0. The molecule has 0 aliphatic rings. The number of hydrogen-bond acceptors (Lipinski definition) is 2. The predicted molar refractivity (Wildman–Crippen MR) is 76.4 cm³/mol. The fraction of sp³-hybridized carbons (Fsp3) is 0.214. The minimum atomic E-state index is -0.0255. The number of rotatable bonds is 3. The summed E-state index contributed by atoms with van der Waals surface area (Å²) in [5.41, 5.74) is 2.17. The summed E-state index contributed by atoms with van der Waals surface area (Å²) in [4.78, 5) is 13.8. The Morgan fingerprint density at radius 1 is 1.28 bits per heavy atom. The third-order valence-electron chi connectivity index (χ3n) is 2.71. The Morgan fingerprint density at radius 2 is 2.06 bits per heavy atom. The summed E-state index contributed by atoms with van der Waals surface area (Å²) in [6.45, 7) is 4.51. The predicted octanol–water partition coefficient (Wildman–Crippen LogP) is 3.95. The normalized spacial score (nSPS) is 10.4. The summed E-state index contributed by atoms with van der Waals surface area (Å²) in [7, 11) is 0. The molecule has 94 valence electrons. The zero-order valence-electron chi connectivity index (χ0n) is 10.3.